The summed E-state index contributed by atoms with van der Waals surface area (Å²) in [6.45, 7) is 2.21. The molecule has 0 aromatic heterocycles. The van der Waals surface area contributed by atoms with Crippen molar-refractivity contribution in [2.45, 2.75) is 112 Å². The largest absolute Gasteiger partial charge is 0.443 e. The monoisotopic (exact) mass is 550 g/mol. The SMILES string of the molecule is CC1(OC(=O)NC2CCCCCC=CC3CC3(C(=O)NS(=O)(=O)C3CC3)NC(=O)C3CCCN3C2=O)CC1. The van der Waals surface area contributed by atoms with Crippen molar-refractivity contribution in [1.29, 1.82) is 0 Å². The van der Waals surface area contributed by atoms with Crippen molar-refractivity contribution in [1.82, 2.24) is 20.3 Å². The topological polar surface area (TPSA) is 151 Å². The first-order chi connectivity index (χ1) is 18.0. The Kier molecular flexibility index (Phi) is 7.21. The number of nitrogens with zero attached hydrogens (tertiary/aromatic N) is 1. The zero-order valence-corrected chi connectivity index (χ0v) is 22.7. The Labute approximate surface area is 223 Å². The fraction of sp³-hybridized carbons (Fsp3) is 0.769. The minimum atomic E-state index is -3.78. The Morgan fingerprint density at radius 1 is 1.08 bits per heavy atom. The maximum absolute atomic E-state index is 13.6. The number of alkyl carbamates (subject to hydrolysis) is 1. The Hall–Kier alpha value is -2.63. The molecular weight excluding hydrogens is 512 g/mol. The summed E-state index contributed by atoms with van der Waals surface area (Å²) >= 11 is 0. The second-order valence-electron chi connectivity index (χ2n) is 11.7. The first-order valence-electron chi connectivity index (χ1n) is 13.9. The van der Waals surface area contributed by atoms with Gasteiger partial charge in [-0.25, -0.2) is 13.2 Å². The molecule has 1 saturated heterocycles. The minimum absolute atomic E-state index is 0.302. The highest BCUT2D eigenvalue weighted by Gasteiger charge is 2.61. The Bertz CT molecular complexity index is 1130. The van der Waals surface area contributed by atoms with Gasteiger partial charge in [0.05, 0.1) is 5.25 Å². The summed E-state index contributed by atoms with van der Waals surface area (Å²) in [5.41, 5.74) is -1.83. The van der Waals surface area contributed by atoms with E-state index in [0.29, 0.717) is 45.1 Å². The lowest BCUT2D eigenvalue weighted by atomic mass is 10.1. The van der Waals surface area contributed by atoms with Gasteiger partial charge in [0.25, 0.3) is 5.91 Å². The molecule has 0 radical (unpaired) electrons. The molecule has 4 fully saturated rings. The second-order valence-corrected chi connectivity index (χ2v) is 13.7. The van der Waals surface area contributed by atoms with Crippen LogP contribution in [0.1, 0.15) is 84.0 Å². The number of sulfonamides is 1. The fourth-order valence-corrected chi connectivity index (χ4v) is 6.81. The highest BCUT2D eigenvalue weighted by atomic mass is 32.2. The van der Waals surface area contributed by atoms with E-state index in [1.807, 2.05) is 19.1 Å². The average Bonchev–Trinajstić information content (AvgIpc) is 3.79. The highest BCUT2D eigenvalue weighted by molar-refractivity contribution is 7.91. The predicted octanol–water partition coefficient (Wildman–Crippen LogP) is 1.63. The van der Waals surface area contributed by atoms with Gasteiger partial charge in [-0.05, 0) is 71.1 Å². The quantitative estimate of drug-likeness (QED) is 0.440. The number of rotatable bonds is 5. The van der Waals surface area contributed by atoms with E-state index in [4.69, 9.17) is 4.74 Å². The Balaban J connectivity index is 1.33. The lowest BCUT2D eigenvalue weighted by Crippen LogP contribution is -2.58. The van der Waals surface area contributed by atoms with Crippen LogP contribution in [0.2, 0.25) is 0 Å². The van der Waals surface area contributed by atoms with E-state index < -0.39 is 56.4 Å². The maximum atomic E-state index is 13.6. The first kappa shape index (κ1) is 27.0. The molecule has 210 valence electrons. The lowest BCUT2D eigenvalue weighted by Gasteiger charge is -2.30. The van der Waals surface area contributed by atoms with Gasteiger partial charge in [0.1, 0.15) is 23.2 Å². The highest BCUT2D eigenvalue weighted by Crippen LogP contribution is 2.46. The van der Waals surface area contributed by atoms with Crippen LogP contribution < -0.4 is 15.4 Å². The third-order valence-electron chi connectivity index (χ3n) is 8.42. The lowest BCUT2D eigenvalue weighted by molar-refractivity contribution is -0.141. The molecule has 4 unspecified atom stereocenters. The van der Waals surface area contributed by atoms with Crippen molar-refractivity contribution in [2.24, 2.45) is 5.92 Å². The summed E-state index contributed by atoms with van der Waals surface area (Å²) in [5.74, 6) is -1.85. The number of amides is 4. The van der Waals surface area contributed by atoms with Gasteiger partial charge in [-0.1, -0.05) is 25.0 Å². The van der Waals surface area contributed by atoms with E-state index in [1.54, 1.807) is 0 Å². The molecule has 2 aliphatic heterocycles. The molecule has 3 saturated carbocycles. The summed E-state index contributed by atoms with van der Waals surface area (Å²) in [6, 6.07) is -1.61. The second kappa shape index (κ2) is 10.2. The molecule has 5 aliphatic rings. The summed E-state index contributed by atoms with van der Waals surface area (Å²) in [7, 11) is -3.78. The van der Waals surface area contributed by atoms with E-state index in [0.717, 1.165) is 38.5 Å². The smallest absolute Gasteiger partial charge is 0.408 e. The normalized spacial score (nSPS) is 33.1. The van der Waals surface area contributed by atoms with Gasteiger partial charge in [-0.2, -0.15) is 0 Å². The van der Waals surface area contributed by atoms with E-state index in [2.05, 4.69) is 15.4 Å². The van der Waals surface area contributed by atoms with Gasteiger partial charge in [0, 0.05) is 12.5 Å². The molecule has 3 aliphatic carbocycles. The standard InChI is InChI=1S/C26H38N4O7S/c1-25(13-14-25)37-24(34)27-19-9-6-4-2-3-5-8-17-16-26(17,23(33)29-38(35,36)18-11-12-18)28-21(31)20-10-7-15-30(20)22(19)32/h5,8,17-20H,2-4,6-7,9-16H2,1H3,(H,27,34)(H,28,31)(H,29,33). The van der Waals surface area contributed by atoms with E-state index in [1.165, 1.54) is 4.90 Å². The van der Waals surface area contributed by atoms with Crippen molar-refractivity contribution in [3.8, 4) is 0 Å². The van der Waals surface area contributed by atoms with Crippen LogP contribution in [-0.4, -0.2) is 72.2 Å². The van der Waals surface area contributed by atoms with Crippen LogP contribution in [0.4, 0.5) is 4.79 Å². The third kappa shape index (κ3) is 5.84. The number of carbonyl (C=O) groups excluding carboxylic acids is 4. The molecule has 11 nitrogen and oxygen atoms in total. The van der Waals surface area contributed by atoms with E-state index in [9.17, 15) is 27.6 Å². The Morgan fingerprint density at radius 2 is 1.84 bits per heavy atom. The van der Waals surface area contributed by atoms with Gasteiger partial charge in [0.2, 0.25) is 21.8 Å². The van der Waals surface area contributed by atoms with Crippen LogP contribution in [0.25, 0.3) is 0 Å². The third-order valence-corrected chi connectivity index (χ3v) is 10.2. The number of ether oxygens (including phenoxy) is 1. The van der Waals surface area contributed by atoms with Gasteiger partial charge >= 0.3 is 6.09 Å². The molecule has 0 aromatic carbocycles. The van der Waals surface area contributed by atoms with Gasteiger partial charge in [-0.3, -0.25) is 19.1 Å². The molecule has 0 bridgehead atoms. The molecular formula is C26H38N4O7S. The van der Waals surface area contributed by atoms with Crippen molar-refractivity contribution < 1.29 is 32.3 Å². The zero-order chi connectivity index (χ0) is 27.1. The van der Waals surface area contributed by atoms with Crippen LogP contribution in [-0.2, 0) is 29.1 Å². The Morgan fingerprint density at radius 3 is 2.55 bits per heavy atom. The zero-order valence-electron chi connectivity index (χ0n) is 21.9. The maximum Gasteiger partial charge on any atom is 0.408 e. The van der Waals surface area contributed by atoms with Crippen molar-refractivity contribution in [3.05, 3.63) is 12.2 Å². The number of fused-ring (bicyclic) bond motifs is 2. The molecule has 4 atom stereocenters. The molecule has 38 heavy (non-hydrogen) atoms. The predicted molar refractivity (Wildman–Crippen MR) is 137 cm³/mol. The number of nitrogens with one attached hydrogen (secondary N) is 3. The van der Waals surface area contributed by atoms with Crippen molar-refractivity contribution >= 4 is 33.8 Å². The van der Waals surface area contributed by atoms with Gasteiger partial charge < -0.3 is 20.3 Å². The average molecular weight is 551 g/mol. The van der Waals surface area contributed by atoms with Crippen LogP contribution in [0.3, 0.4) is 0 Å². The molecule has 3 N–H and O–H groups in total. The molecule has 0 aromatic rings. The van der Waals surface area contributed by atoms with Crippen LogP contribution in [0.15, 0.2) is 12.2 Å². The molecule has 5 rings (SSSR count). The molecule has 0 spiro atoms. The van der Waals surface area contributed by atoms with Crippen LogP contribution in [0, 0.1) is 5.92 Å². The summed E-state index contributed by atoms with van der Waals surface area (Å²) < 4.78 is 32.6. The summed E-state index contributed by atoms with van der Waals surface area (Å²) in [5, 5.41) is 5.01. The summed E-state index contributed by atoms with van der Waals surface area (Å²) in [6.07, 6.45) is 10.8. The number of hydrogen-bond acceptors (Lipinski definition) is 7. The minimum Gasteiger partial charge on any atom is -0.443 e. The van der Waals surface area contributed by atoms with Crippen molar-refractivity contribution in [3.63, 3.8) is 0 Å². The van der Waals surface area contributed by atoms with E-state index >= 15 is 0 Å². The number of allylic oxidation sites excluding steroid dienone is 1. The number of carbonyl (C=O) groups is 4. The number of hydrogen-bond donors (Lipinski definition) is 3. The van der Waals surface area contributed by atoms with Crippen LogP contribution >= 0.6 is 0 Å². The van der Waals surface area contributed by atoms with Gasteiger partial charge in [-0.15, -0.1) is 0 Å². The van der Waals surface area contributed by atoms with Crippen molar-refractivity contribution in [2.75, 3.05) is 6.54 Å². The fourth-order valence-electron chi connectivity index (χ4n) is 5.45. The first-order valence-corrected chi connectivity index (χ1v) is 15.4. The summed E-state index contributed by atoms with van der Waals surface area (Å²) in [4.78, 5) is 54.3. The molecule has 4 amide bonds. The molecule has 2 heterocycles. The van der Waals surface area contributed by atoms with Gasteiger partial charge in [0.15, 0.2) is 0 Å². The molecule has 12 heteroatoms. The van der Waals surface area contributed by atoms with E-state index in [-0.39, 0.29) is 11.8 Å². The van der Waals surface area contributed by atoms with Crippen LogP contribution in [0.5, 0.6) is 0 Å².